The number of nitrogens with one attached hydrogen (secondary N) is 3. The third kappa shape index (κ3) is 14.3. The molecule has 4 bridgehead atoms. The Morgan fingerprint density at radius 2 is 1.15 bits per heavy atom. The third-order valence-electron chi connectivity index (χ3n) is 15.9. The van der Waals surface area contributed by atoms with Crippen molar-refractivity contribution in [1.82, 2.24) is 20.9 Å². The van der Waals surface area contributed by atoms with Crippen LogP contribution in [0, 0.1) is 11.6 Å². The van der Waals surface area contributed by atoms with Crippen LogP contribution in [-0.4, -0.2) is 85.1 Å². The Morgan fingerprint density at radius 1 is 0.629 bits per heavy atom. The number of hydrogen-bond donors (Lipinski definition) is 3. The van der Waals surface area contributed by atoms with Gasteiger partial charge in [0.2, 0.25) is 0 Å². The van der Waals surface area contributed by atoms with E-state index in [9.17, 15) is 44.8 Å². The first-order valence-electron chi connectivity index (χ1n) is 28.3. The predicted octanol–water partition coefficient (Wildman–Crippen LogP) is 18.7. The molecular weight excluding hydrogens is 1410 g/mol. The van der Waals surface area contributed by atoms with E-state index in [2.05, 4.69) is 53.2 Å². The standard InChI is InChI=1S/C27H21Cl3FN3O.C21H11Cl3F4N2O4S.C12H18NO2.3CH3.Sn/c28-22-2-1-3-23(29)26(22)34-25-11-15(14-8-17-5-6-18(9-14)33-17)10-20(21(25)13-32-27(34)35)19-7-4-16(31)12-24(19)30;22-15-2-1-3-16(23)19(15)30-18-8-11(34-35(32,33)21(26,27)28)7-13(14(18)9-29-20(30)31)12-5-4-10(25)6-17(12)24;1-12(2,3)15-11(14)13-9-5-4-6-10(13)8-7-9;;;;/h1-4,7-8,10-12,17-18,33H,5-6,9,13H2,(H,32,35);1-8H,9H2,(H,29,31);5,9-10H,6-8H2,1-3H3;3*1H3;. The summed E-state index contributed by atoms with van der Waals surface area (Å²) >= 11 is 36.3. The van der Waals surface area contributed by atoms with E-state index in [1.807, 2.05) is 31.7 Å². The second-order valence-corrected chi connectivity index (χ2v) is 42.8. The summed E-state index contributed by atoms with van der Waals surface area (Å²) in [7, 11) is -6.07. The number of ether oxygens (including phenoxy) is 1. The van der Waals surface area contributed by atoms with Crippen LogP contribution in [0.25, 0.3) is 27.8 Å². The van der Waals surface area contributed by atoms with Gasteiger partial charge in [-0.3, -0.25) is 9.80 Å². The van der Waals surface area contributed by atoms with Crippen molar-refractivity contribution >= 4 is 145 Å². The van der Waals surface area contributed by atoms with Crippen LogP contribution >= 0.6 is 69.6 Å². The van der Waals surface area contributed by atoms with Gasteiger partial charge in [0.15, 0.2) is 0 Å². The van der Waals surface area contributed by atoms with Gasteiger partial charge in [-0.25, -0.2) is 18.4 Å². The van der Waals surface area contributed by atoms with E-state index in [-0.39, 0.29) is 56.2 Å². The van der Waals surface area contributed by atoms with Gasteiger partial charge < -0.3 is 20.1 Å². The molecule has 2 fully saturated rings. The summed E-state index contributed by atoms with van der Waals surface area (Å²) in [5.41, 5.74) is 0.0155. The minimum Gasteiger partial charge on any atom is -0.376 e. The number of nitrogens with zero attached hydrogens (tertiary/aromatic N) is 3. The molecule has 6 aromatic carbocycles. The Hall–Kier alpha value is -5.49. The van der Waals surface area contributed by atoms with Gasteiger partial charge in [-0.2, -0.15) is 21.6 Å². The Balaban J connectivity index is 0.000000154. The minimum absolute atomic E-state index is 0.0127. The molecule has 6 aromatic rings. The first-order chi connectivity index (χ1) is 41.8. The Morgan fingerprint density at radius 3 is 1.62 bits per heavy atom. The van der Waals surface area contributed by atoms with Gasteiger partial charge in [0.1, 0.15) is 17.4 Å². The third-order valence-corrected chi connectivity index (χ3v) is 25.3. The van der Waals surface area contributed by atoms with Crippen molar-refractivity contribution in [2.24, 2.45) is 0 Å². The first-order valence-corrected chi connectivity index (χ1v) is 41.9. The van der Waals surface area contributed by atoms with E-state index in [1.165, 1.54) is 46.9 Å². The van der Waals surface area contributed by atoms with Crippen LogP contribution < -0.4 is 29.9 Å². The number of hydrogen-bond acceptors (Lipinski definition) is 8. The number of carbonyl (C=O) groups is 3. The molecule has 0 aliphatic carbocycles. The van der Waals surface area contributed by atoms with E-state index >= 15 is 0 Å². The van der Waals surface area contributed by atoms with Crippen molar-refractivity contribution in [3.8, 4) is 28.0 Å². The maximum Gasteiger partial charge on any atom is 0.534 e. The van der Waals surface area contributed by atoms with Crippen molar-refractivity contribution in [2.45, 2.75) is 122 Å². The minimum atomic E-state index is -6.07. The first kappa shape index (κ1) is 66.4. The maximum absolute atomic E-state index is 13.9. The molecule has 6 aliphatic rings. The fourth-order valence-electron chi connectivity index (χ4n) is 11.8. The van der Waals surface area contributed by atoms with Crippen molar-refractivity contribution in [3.05, 3.63) is 171 Å². The second-order valence-electron chi connectivity index (χ2n) is 24.1. The Bertz CT molecular complexity index is 3990. The van der Waals surface area contributed by atoms with Gasteiger partial charge in [0.05, 0.1) is 52.9 Å². The number of urea groups is 2. The predicted molar refractivity (Wildman–Crippen MR) is 344 cm³/mol. The van der Waals surface area contributed by atoms with Crippen molar-refractivity contribution in [3.63, 3.8) is 0 Å². The molecule has 4 atom stereocenters. The number of carbonyl (C=O) groups excluding carboxylic acids is 3. The molecule has 5 amide bonds. The van der Waals surface area contributed by atoms with Crippen LogP contribution in [0.5, 0.6) is 5.75 Å². The average molecular weight is 1470 g/mol. The summed E-state index contributed by atoms with van der Waals surface area (Å²) in [6, 6.07) is 23.6. The summed E-state index contributed by atoms with van der Waals surface area (Å²) < 4.78 is 102. The monoisotopic (exact) mass is 1470 g/mol. The SMILES string of the molecule is CC(C)(C)OC(=O)N1C2C=[C]([Sn]([CH3])([CH3])[CH3])CC1CC2.O=C1NCc2c(-c3ccc(F)cc3Cl)cc(C3=CC4CCC(C3)N4)cc2N1c1c(Cl)cccc1Cl.O=C1NCc2c(-c3ccc(F)cc3Cl)cc(OS(=O)(=O)C(F)(F)F)cc2N1c1c(Cl)cccc1Cl. The molecular formula is C63H59Cl6F5N6O7SSn. The van der Waals surface area contributed by atoms with Crippen molar-refractivity contribution < 1.29 is 53.7 Å². The Labute approximate surface area is 546 Å². The fraction of sp³-hybridized carbons (Fsp3) is 0.317. The van der Waals surface area contributed by atoms with Crippen LogP contribution in [0.1, 0.15) is 76.0 Å². The van der Waals surface area contributed by atoms with Crippen LogP contribution in [0.4, 0.5) is 59.1 Å². The fourth-order valence-corrected chi connectivity index (χ4v) is 18.3. The summed E-state index contributed by atoms with van der Waals surface area (Å²) in [6.07, 6.45) is 11.0. The number of halogens is 11. The summed E-state index contributed by atoms with van der Waals surface area (Å²) in [5.74, 6) is -1.86. The van der Waals surface area contributed by atoms with Crippen molar-refractivity contribution in [2.75, 3.05) is 9.80 Å². The maximum atomic E-state index is 13.9. The van der Waals surface area contributed by atoms with E-state index in [4.69, 9.17) is 74.3 Å². The molecule has 2 saturated heterocycles. The normalized spacial score (nSPS) is 19.5. The number of para-hydroxylation sites is 2. The largest absolute Gasteiger partial charge is 0.534 e. The molecule has 4 unspecified atom stereocenters. The molecule has 6 aliphatic heterocycles. The molecule has 26 heteroatoms. The van der Waals surface area contributed by atoms with Crippen LogP contribution in [0.15, 0.2) is 113 Å². The van der Waals surface area contributed by atoms with Gasteiger partial charge in [0.25, 0.3) is 0 Å². The van der Waals surface area contributed by atoms with Gasteiger partial charge >= 0.3 is 149 Å². The number of rotatable bonds is 8. The zero-order chi connectivity index (χ0) is 64.4. The molecule has 470 valence electrons. The molecule has 3 N–H and O–H groups in total. The van der Waals surface area contributed by atoms with Gasteiger partial charge in [-0.15, -0.1) is 0 Å². The molecule has 89 heavy (non-hydrogen) atoms. The number of anilines is 4. The number of amides is 5. The van der Waals surface area contributed by atoms with Gasteiger partial charge in [0, 0.05) is 53.5 Å². The smallest absolute Gasteiger partial charge is 0.376 e. The summed E-state index contributed by atoms with van der Waals surface area (Å²) in [5, 5.41) is 10.1. The number of fused-ring (bicyclic) bond motifs is 6. The molecule has 13 nitrogen and oxygen atoms in total. The molecule has 6 heterocycles. The van der Waals surface area contributed by atoms with Gasteiger partial charge in [-0.05, 0) is 120 Å². The summed E-state index contributed by atoms with van der Waals surface area (Å²) in [6.45, 7) is 5.96. The topological polar surface area (TPSA) is 150 Å². The molecule has 0 aromatic heterocycles. The average Bonchev–Trinajstić information content (AvgIpc) is 1.31. The molecule has 0 radical (unpaired) electrons. The van der Waals surface area contributed by atoms with E-state index in [0.29, 0.717) is 68.3 Å². The summed E-state index contributed by atoms with van der Waals surface area (Å²) in [4.78, 5) is 50.3. The Kier molecular flexibility index (Phi) is 19.3. The quantitative estimate of drug-likeness (QED) is 0.0590. The van der Waals surface area contributed by atoms with E-state index < -0.39 is 63.0 Å². The van der Waals surface area contributed by atoms with Gasteiger partial charge in [-0.1, -0.05) is 87.8 Å². The second kappa shape index (κ2) is 25.9. The molecule has 0 spiro atoms. The molecule has 12 rings (SSSR count). The van der Waals surface area contributed by atoms with Crippen LogP contribution in [0.3, 0.4) is 0 Å². The number of alkyl halides is 3. The number of benzene rings is 6. The van der Waals surface area contributed by atoms with Crippen molar-refractivity contribution in [1.29, 1.82) is 0 Å². The molecule has 0 saturated carbocycles. The van der Waals surface area contributed by atoms with E-state index in [0.717, 1.165) is 84.4 Å². The zero-order valence-corrected chi connectivity index (χ0v) is 56.8. The zero-order valence-electron chi connectivity index (χ0n) is 48.6. The van der Waals surface area contributed by atoms with Crippen LogP contribution in [0.2, 0.25) is 45.0 Å². The van der Waals surface area contributed by atoms with E-state index in [1.54, 1.807) is 27.9 Å². The van der Waals surface area contributed by atoms with Crippen LogP contribution in [-0.2, 0) is 27.9 Å².